The summed E-state index contributed by atoms with van der Waals surface area (Å²) in [6.45, 7) is 9.79. The van der Waals surface area contributed by atoms with E-state index in [1.54, 1.807) is 12.3 Å². The molecule has 0 bridgehead atoms. The molecule has 1 aromatic heterocycles. The molecule has 1 heterocycles. The van der Waals surface area contributed by atoms with Crippen molar-refractivity contribution in [1.29, 1.82) is 0 Å². The maximum absolute atomic E-state index is 11.7. The first kappa shape index (κ1) is 17.8. The number of benzene rings is 1. The monoisotopic (exact) mass is 327 g/mol. The molecule has 0 unspecified atom stereocenters. The third kappa shape index (κ3) is 5.57. The van der Waals surface area contributed by atoms with Crippen molar-refractivity contribution in [2.45, 2.75) is 46.1 Å². The summed E-state index contributed by atoms with van der Waals surface area (Å²) in [5.74, 6) is 0.962. The summed E-state index contributed by atoms with van der Waals surface area (Å²) in [6.07, 6.45) is 1.16. The number of nitrogens with zero attached hydrogens (tertiary/aromatic N) is 1. The minimum absolute atomic E-state index is 0.449. The molecule has 0 aliphatic rings. The van der Waals surface area contributed by atoms with Crippen molar-refractivity contribution in [2.75, 3.05) is 10.6 Å². The Bertz CT molecular complexity index is 671. The van der Waals surface area contributed by atoms with Crippen LogP contribution in [0.2, 0.25) is 0 Å². The fourth-order valence-electron chi connectivity index (χ4n) is 2.07. The molecule has 1 aromatic carbocycles. The Morgan fingerprint density at radius 2 is 1.67 bits per heavy atom. The van der Waals surface area contributed by atoms with Gasteiger partial charge in [-0.05, 0) is 56.5 Å². The van der Waals surface area contributed by atoms with E-state index in [4.69, 9.17) is 4.74 Å². The lowest BCUT2D eigenvalue weighted by atomic mass is 10.0. The normalized spacial score (nSPS) is 11.2. The maximum atomic E-state index is 11.7. The standard InChI is InChI=1S/C19H25N3O2/c1-13(2)14-6-8-15(9-7-14)21-16-10-11-17(20-12-16)22-18(23)24-19(3,4)5/h6-13,21H,1-5H3,(H,20,22,23). The number of hydrogen-bond acceptors (Lipinski definition) is 4. The van der Waals surface area contributed by atoms with Gasteiger partial charge in [0.1, 0.15) is 11.4 Å². The average Bonchev–Trinajstić information content (AvgIpc) is 2.48. The Balaban J connectivity index is 1.95. The fraction of sp³-hybridized carbons (Fsp3) is 0.368. The molecule has 0 aliphatic carbocycles. The van der Waals surface area contributed by atoms with E-state index in [1.807, 2.05) is 39.0 Å². The maximum Gasteiger partial charge on any atom is 0.413 e. The minimum atomic E-state index is -0.534. The number of rotatable bonds is 4. The van der Waals surface area contributed by atoms with E-state index in [-0.39, 0.29) is 0 Å². The molecule has 2 aromatic rings. The molecule has 5 heteroatoms. The molecular weight excluding hydrogens is 302 g/mol. The van der Waals surface area contributed by atoms with Crippen LogP contribution >= 0.6 is 0 Å². The average molecular weight is 327 g/mol. The highest BCUT2D eigenvalue weighted by molar-refractivity contribution is 5.83. The number of carbonyl (C=O) groups excluding carboxylic acids is 1. The van der Waals surface area contributed by atoms with Gasteiger partial charge in [-0.1, -0.05) is 26.0 Å². The summed E-state index contributed by atoms with van der Waals surface area (Å²) in [6, 6.07) is 11.9. The van der Waals surface area contributed by atoms with E-state index in [9.17, 15) is 4.79 Å². The van der Waals surface area contributed by atoms with Crippen LogP contribution < -0.4 is 10.6 Å². The van der Waals surface area contributed by atoms with Crippen LogP contribution in [-0.2, 0) is 4.74 Å². The molecule has 0 aliphatic heterocycles. The second-order valence-electron chi connectivity index (χ2n) is 6.96. The number of ether oxygens (including phenoxy) is 1. The zero-order chi connectivity index (χ0) is 17.7. The molecule has 5 nitrogen and oxygen atoms in total. The smallest absolute Gasteiger partial charge is 0.413 e. The second-order valence-corrected chi connectivity index (χ2v) is 6.96. The predicted molar refractivity (Wildman–Crippen MR) is 97.9 cm³/mol. The summed E-state index contributed by atoms with van der Waals surface area (Å²) in [5.41, 5.74) is 2.61. The highest BCUT2D eigenvalue weighted by Gasteiger charge is 2.16. The predicted octanol–water partition coefficient (Wildman–Crippen LogP) is 5.30. The number of hydrogen-bond donors (Lipinski definition) is 2. The van der Waals surface area contributed by atoms with Gasteiger partial charge in [0.15, 0.2) is 0 Å². The number of anilines is 3. The van der Waals surface area contributed by atoms with Gasteiger partial charge in [-0.2, -0.15) is 0 Å². The Labute approximate surface area is 143 Å². The quantitative estimate of drug-likeness (QED) is 0.800. The number of carbonyl (C=O) groups is 1. The molecule has 0 saturated heterocycles. The summed E-state index contributed by atoms with van der Waals surface area (Å²) in [5, 5.41) is 5.89. The molecule has 0 atom stereocenters. The Hall–Kier alpha value is -2.56. The van der Waals surface area contributed by atoms with Crippen molar-refractivity contribution < 1.29 is 9.53 Å². The van der Waals surface area contributed by atoms with Gasteiger partial charge in [0.25, 0.3) is 0 Å². The van der Waals surface area contributed by atoms with Gasteiger partial charge < -0.3 is 10.1 Å². The van der Waals surface area contributed by atoms with Crippen LogP contribution in [0.5, 0.6) is 0 Å². The van der Waals surface area contributed by atoms with Crippen molar-refractivity contribution in [3.05, 3.63) is 48.2 Å². The SMILES string of the molecule is CC(C)c1ccc(Nc2ccc(NC(=O)OC(C)(C)C)nc2)cc1. The van der Waals surface area contributed by atoms with E-state index in [2.05, 4.69) is 41.6 Å². The van der Waals surface area contributed by atoms with Crippen molar-refractivity contribution in [3.63, 3.8) is 0 Å². The summed E-state index contributed by atoms with van der Waals surface area (Å²) in [4.78, 5) is 15.9. The fourth-order valence-corrected chi connectivity index (χ4v) is 2.07. The molecule has 128 valence electrons. The lowest BCUT2D eigenvalue weighted by molar-refractivity contribution is 0.0635. The van der Waals surface area contributed by atoms with Gasteiger partial charge in [0.2, 0.25) is 0 Å². The van der Waals surface area contributed by atoms with E-state index in [0.29, 0.717) is 11.7 Å². The van der Waals surface area contributed by atoms with Gasteiger partial charge in [0.05, 0.1) is 11.9 Å². The summed E-state index contributed by atoms with van der Waals surface area (Å²) < 4.78 is 5.19. The van der Waals surface area contributed by atoms with E-state index < -0.39 is 11.7 Å². The highest BCUT2D eigenvalue weighted by atomic mass is 16.6. The van der Waals surface area contributed by atoms with Crippen molar-refractivity contribution in [1.82, 2.24) is 4.98 Å². The van der Waals surface area contributed by atoms with Crippen LogP contribution in [-0.4, -0.2) is 16.7 Å². The molecule has 2 N–H and O–H groups in total. The van der Waals surface area contributed by atoms with Crippen molar-refractivity contribution in [3.8, 4) is 0 Å². The molecule has 1 amide bonds. The van der Waals surface area contributed by atoms with Gasteiger partial charge in [-0.25, -0.2) is 9.78 Å². The molecule has 0 fully saturated rings. The topological polar surface area (TPSA) is 63.2 Å². The largest absolute Gasteiger partial charge is 0.444 e. The van der Waals surface area contributed by atoms with Gasteiger partial charge in [0, 0.05) is 5.69 Å². The molecule has 0 spiro atoms. The first-order valence-corrected chi connectivity index (χ1v) is 8.06. The lowest BCUT2D eigenvalue weighted by Gasteiger charge is -2.19. The molecule has 2 rings (SSSR count). The number of aromatic nitrogens is 1. The summed E-state index contributed by atoms with van der Waals surface area (Å²) >= 11 is 0. The van der Waals surface area contributed by atoms with E-state index in [1.165, 1.54) is 5.56 Å². The van der Waals surface area contributed by atoms with Crippen LogP contribution in [0.3, 0.4) is 0 Å². The molecule has 24 heavy (non-hydrogen) atoms. The molecule has 0 saturated carbocycles. The van der Waals surface area contributed by atoms with Gasteiger partial charge >= 0.3 is 6.09 Å². The third-order valence-electron chi connectivity index (χ3n) is 3.26. The van der Waals surface area contributed by atoms with E-state index >= 15 is 0 Å². The number of nitrogens with one attached hydrogen (secondary N) is 2. The zero-order valence-corrected chi connectivity index (χ0v) is 14.9. The Morgan fingerprint density at radius 1 is 1.04 bits per heavy atom. The summed E-state index contributed by atoms with van der Waals surface area (Å²) in [7, 11) is 0. The third-order valence-corrected chi connectivity index (χ3v) is 3.26. The Kier molecular flexibility index (Phi) is 5.44. The molecular formula is C19H25N3O2. The van der Waals surface area contributed by atoms with E-state index in [0.717, 1.165) is 11.4 Å². The Morgan fingerprint density at radius 3 is 2.17 bits per heavy atom. The van der Waals surface area contributed by atoms with Crippen LogP contribution in [0.4, 0.5) is 22.0 Å². The first-order valence-electron chi connectivity index (χ1n) is 8.06. The lowest BCUT2D eigenvalue weighted by Crippen LogP contribution is -2.27. The number of amides is 1. The number of pyridine rings is 1. The zero-order valence-electron chi connectivity index (χ0n) is 14.9. The van der Waals surface area contributed by atoms with Crippen molar-refractivity contribution in [2.24, 2.45) is 0 Å². The van der Waals surface area contributed by atoms with Gasteiger partial charge in [-0.15, -0.1) is 0 Å². The van der Waals surface area contributed by atoms with Crippen LogP contribution in [0.15, 0.2) is 42.6 Å². The first-order chi connectivity index (χ1) is 11.2. The van der Waals surface area contributed by atoms with Crippen LogP contribution in [0.1, 0.15) is 46.1 Å². The van der Waals surface area contributed by atoms with Crippen LogP contribution in [0.25, 0.3) is 0 Å². The van der Waals surface area contributed by atoms with Crippen LogP contribution in [0, 0.1) is 0 Å². The highest BCUT2D eigenvalue weighted by Crippen LogP contribution is 2.21. The second kappa shape index (κ2) is 7.34. The molecule has 0 radical (unpaired) electrons. The minimum Gasteiger partial charge on any atom is -0.444 e. The van der Waals surface area contributed by atoms with Gasteiger partial charge in [-0.3, -0.25) is 5.32 Å². The van der Waals surface area contributed by atoms with Crippen molar-refractivity contribution >= 4 is 23.3 Å².